The number of thiophene rings is 1. The summed E-state index contributed by atoms with van der Waals surface area (Å²) >= 11 is 4.78. The average Bonchev–Trinajstić information content (AvgIpc) is 2.77. The van der Waals surface area contributed by atoms with Gasteiger partial charge in [-0.3, -0.25) is 0 Å². The van der Waals surface area contributed by atoms with Crippen LogP contribution in [0, 0.1) is 5.92 Å². The summed E-state index contributed by atoms with van der Waals surface area (Å²) in [5.41, 5.74) is 0. The van der Waals surface area contributed by atoms with Gasteiger partial charge in [0.25, 0.3) is 0 Å². The molecule has 1 aromatic rings. The van der Waals surface area contributed by atoms with E-state index in [4.69, 9.17) is 4.74 Å². The molecular weight excluding hydrogens is 376 g/mol. The van der Waals surface area contributed by atoms with Gasteiger partial charge in [-0.2, -0.15) is 0 Å². The molecule has 0 amide bonds. The molecule has 21 heavy (non-hydrogen) atoms. The zero-order valence-corrected chi connectivity index (χ0v) is 16.0. The first-order chi connectivity index (χ1) is 9.81. The summed E-state index contributed by atoms with van der Waals surface area (Å²) in [5, 5.41) is 3.19. The summed E-state index contributed by atoms with van der Waals surface area (Å²) in [6, 6.07) is 1.47. The molecule has 2 N–H and O–H groups in total. The second-order valence-corrected chi connectivity index (χ2v) is 9.20. The highest BCUT2D eigenvalue weighted by Gasteiger charge is 2.26. The molecular formula is C13H23BrN2O3S2. The lowest BCUT2D eigenvalue weighted by Gasteiger charge is -2.21. The van der Waals surface area contributed by atoms with E-state index in [1.165, 1.54) is 11.3 Å². The first-order valence-corrected chi connectivity index (χ1v) is 9.91. The molecule has 0 aliphatic carbocycles. The third-order valence-corrected chi connectivity index (χ3v) is 6.74. The molecule has 0 aliphatic rings. The fourth-order valence-electron chi connectivity index (χ4n) is 1.72. The van der Waals surface area contributed by atoms with Crippen LogP contribution in [-0.4, -0.2) is 34.7 Å². The molecule has 1 unspecified atom stereocenters. The van der Waals surface area contributed by atoms with Crippen molar-refractivity contribution in [3.63, 3.8) is 0 Å². The van der Waals surface area contributed by atoms with Crippen molar-refractivity contribution in [1.29, 1.82) is 0 Å². The monoisotopic (exact) mass is 398 g/mol. The third-order valence-electron chi connectivity index (χ3n) is 3.00. The Morgan fingerprint density at radius 1 is 1.43 bits per heavy atom. The van der Waals surface area contributed by atoms with Crippen LogP contribution in [-0.2, 0) is 21.3 Å². The van der Waals surface area contributed by atoms with Gasteiger partial charge in [0.05, 0.1) is 10.4 Å². The quantitative estimate of drug-likeness (QED) is 0.670. The van der Waals surface area contributed by atoms with Gasteiger partial charge >= 0.3 is 0 Å². The molecule has 0 bridgehead atoms. The van der Waals surface area contributed by atoms with Crippen LogP contribution in [0.4, 0.5) is 0 Å². The fourth-order valence-corrected chi connectivity index (χ4v) is 5.74. The van der Waals surface area contributed by atoms with Crippen molar-refractivity contribution in [1.82, 2.24) is 10.0 Å². The van der Waals surface area contributed by atoms with E-state index in [1.54, 1.807) is 13.2 Å². The van der Waals surface area contributed by atoms with Crippen molar-refractivity contribution in [3.05, 3.63) is 14.7 Å². The Morgan fingerprint density at radius 2 is 2.10 bits per heavy atom. The molecule has 1 heterocycles. The highest BCUT2D eigenvalue weighted by atomic mass is 79.9. The van der Waals surface area contributed by atoms with Gasteiger partial charge in [-0.25, -0.2) is 13.1 Å². The van der Waals surface area contributed by atoms with Gasteiger partial charge in [0.15, 0.2) is 0 Å². The number of ether oxygens (including phenoxy) is 1. The van der Waals surface area contributed by atoms with Gasteiger partial charge < -0.3 is 10.1 Å². The molecule has 1 atom stereocenters. The molecule has 5 nitrogen and oxygen atoms in total. The SMILES string of the molecule is CCNCc1cc(S(=O)(=O)NC(COC)C(C)C)c(Br)s1. The van der Waals surface area contributed by atoms with E-state index < -0.39 is 10.0 Å². The molecule has 8 heteroatoms. The lowest BCUT2D eigenvalue weighted by molar-refractivity contribution is 0.157. The van der Waals surface area contributed by atoms with Crippen LogP contribution in [0.5, 0.6) is 0 Å². The maximum atomic E-state index is 12.5. The Labute approximate surface area is 139 Å². The summed E-state index contributed by atoms with van der Waals surface area (Å²) < 4.78 is 33.5. The molecule has 0 aromatic carbocycles. The van der Waals surface area contributed by atoms with Crippen LogP contribution in [0.1, 0.15) is 25.6 Å². The van der Waals surface area contributed by atoms with Crippen LogP contribution in [0.25, 0.3) is 0 Å². The second kappa shape index (κ2) is 8.59. The van der Waals surface area contributed by atoms with E-state index in [-0.39, 0.29) is 12.0 Å². The lowest BCUT2D eigenvalue weighted by Crippen LogP contribution is -2.41. The van der Waals surface area contributed by atoms with Crippen molar-refractivity contribution in [2.24, 2.45) is 5.92 Å². The average molecular weight is 399 g/mol. The molecule has 1 rings (SSSR count). The molecule has 0 saturated carbocycles. The van der Waals surface area contributed by atoms with Crippen molar-refractivity contribution in [2.75, 3.05) is 20.3 Å². The van der Waals surface area contributed by atoms with Gasteiger partial charge in [0.2, 0.25) is 10.0 Å². The maximum absolute atomic E-state index is 12.5. The highest BCUT2D eigenvalue weighted by molar-refractivity contribution is 9.11. The van der Waals surface area contributed by atoms with Crippen LogP contribution in [0.15, 0.2) is 14.7 Å². The first kappa shape index (κ1) is 19.1. The molecule has 0 aliphatic heterocycles. The predicted molar refractivity (Wildman–Crippen MR) is 90.2 cm³/mol. The number of hydrogen-bond donors (Lipinski definition) is 2. The predicted octanol–water partition coefficient (Wildman–Crippen LogP) is 2.57. The maximum Gasteiger partial charge on any atom is 0.242 e. The standard InChI is InChI=1S/C13H23BrN2O3S2/c1-5-15-7-10-6-12(13(14)20-10)21(17,18)16-11(8-19-4)9(2)3/h6,9,11,15-16H,5,7-8H2,1-4H3. The normalized spacial score (nSPS) is 13.8. The Balaban J connectivity index is 2.93. The number of halogens is 1. The summed E-state index contributed by atoms with van der Waals surface area (Å²) in [6.45, 7) is 7.81. The number of rotatable bonds is 9. The van der Waals surface area contributed by atoms with Crippen LogP contribution >= 0.6 is 27.3 Å². The van der Waals surface area contributed by atoms with Crippen molar-refractivity contribution >= 4 is 37.3 Å². The van der Waals surface area contributed by atoms with Gasteiger partial charge in [-0.05, 0) is 34.5 Å². The van der Waals surface area contributed by atoms with E-state index in [1.807, 2.05) is 20.8 Å². The van der Waals surface area contributed by atoms with E-state index in [0.717, 1.165) is 11.4 Å². The number of nitrogens with one attached hydrogen (secondary N) is 2. The lowest BCUT2D eigenvalue weighted by atomic mass is 10.1. The van der Waals surface area contributed by atoms with Crippen molar-refractivity contribution in [3.8, 4) is 0 Å². The Bertz CT molecular complexity index is 544. The molecule has 0 radical (unpaired) electrons. The number of methoxy groups -OCH3 is 1. The zero-order valence-electron chi connectivity index (χ0n) is 12.8. The van der Waals surface area contributed by atoms with Gasteiger partial charge in [0.1, 0.15) is 4.90 Å². The number of hydrogen-bond acceptors (Lipinski definition) is 5. The van der Waals surface area contributed by atoms with Crippen LogP contribution in [0.3, 0.4) is 0 Å². The Kier molecular flexibility index (Phi) is 7.80. The first-order valence-electron chi connectivity index (χ1n) is 6.82. The van der Waals surface area contributed by atoms with E-state index in [2.05, 4.69) is 26.0 Å². The minimum absolute atomic E-state index is 0.151. The van der Waals surface area contributed by atoms with Crippen molar-refractivity contribution in [2.45, 2.75) is 38.3 Å². The Hall–Kier alpha value is 0.01000. The minimum atomic E-state index is -3.56. The molecule has 0 spiro atoms. The summed E-state index contributed by atoms with van der Waals surface area (Å²) in [6.07, 6.45) is 0. The van der Waals surface area contributed by atoms with Gasteiger partial charge in [0, 0.05) is 24.6 Å². The molecule has 0 saturated heterocycles. The Morgan fingerprint density at radius 3 is 2.62 bits per heavy atom. The summed E-state index contributed by atoms with van der Waals surface area (Å²) in [7, 11) is -1.99. The second-order valence-electron chi connectivity index (χ2n) is 5.06. The van der Waals surface area contributed by atoms with Gasteiger partial charge in [-0.1, -0.05) is 20.8 Å². The van der Waals surface area contributed by atoms with Crippen LogP contribution < -0.4 is 10.0 Å². The minimum Gasteiger partial charge on any atom is -0.383 e. The van der Waals surface area contributed by atoms with E-state index in [9.17, 15) is 8.42 Å². The number of sulfonamides is 1. The highest BCUT2D eigenvalue weighted by Crippen LogP contribution is 2.32. The molecule has 1 aromatic heterocycles. The summed E-state index contributed by atoms with van der Waals surface area (Å²) in [5.74, 6) is 0.151. The zero-order chi connectivity index (χ0) is 16.0. The largest absolute Gasteiger partial charge is 0.383 e. The van der Waals surface area contributed by atoms with Crippen LogP contribution in [0.2, 0.25) is 0 Å². The van der Waals surface area contributed by atoms with Crippen molar-refractivity contribution < 1.29 is 13.2 Å². The topological polar surface area (TPSA) is 67.4 Å². The molecule has 122 valence electrons. The fraction of sp³-hybridized carbons (Fsp3) is 0.692. The van der Waals surface area contributed by atoms with E-state index >= 15 is 0 Å². The smallest absolute Gasteiger partial charge is 0.242 e. The van der Waals surface area contributed by atoms with E-state index in [0.29, 0.717) is 21.8 Å². The molecule has 0 fully saturated rings. The summed E-state index contributed by atoms with van der Waals surface area (Å²) in [4.78, 5) is 1.28. The van der Waals surface area contributed by atoms with Gasteiger partial charge in [-0.15, -0.1) is 11.3 Å². The third kappa shape index (κ3) is 5.61.